The van der Waals surface area contributed by atoms with Gasteiger partial charge in [-0.05, 0) is 48.0 Å². The van der Waals surface area contributed by atoms with Crippen molar-refractivity contribution in [3.63, 3.8) is 0 Å². The number of methoxy groups -OCH3 is 1. The SMILES string of the molecule is COc1ccc(C(=O)N2CCN(c3ccccc3F)CC2)cc1Oc1nc(Cc2ccc(F)cc2)ns1. The highest BCUT2D eigenvalue weighted by Gasteiger charge is 2.24. The van der Waals surface area contributed by atoms with Crippen molar-refractivity contribution in [1.82, 2.24) is 14.3 Å². The van der Waals surface area contributed by atoms with Gasteiger partial charge in [0.2, 0.25) is 0 Å². The molecule has 0 atom stereocenters. The average Bonchev–Trinajstić information content (AvgIpc) is 3.36. The minimum absolute atomic E-state index is 0.144. The minimum Gasteiger partial charge on any atom is -0.493 e. The standard InChI is InChI=1S/C27H24F2N4O3S/c1-35-23-11-8-19(26(34)33-14-12-32(13-15-33)22-5-3-2-4-21(22)29)17-24(23)36-27-30-25(31-37-27)16-18-6-9-20(28)10-7-18/h2-11,17H,12-16H2,1H3. The average molecular weight is 523 g/mol. The molecule has 0 aliphatic carbocycles. The molecule has 4 aromatic rings. The Morgan fingerprint density at radius 1 is 0.973 bits per heavy atom. The number of halogens is 2. The van der Waals surface area contributed by atoms with Gasteiger partial charge in [0.25, 0.3) is 11.1 Å². The second kappa shape index (κ2) is 10.9. The van der Waals surface area contributed by atoms with Crippen molar-refractivity contribution in [2.24, 2.45) is 0 Å². The summed E-state index contributed by atoms with van der Waals surface area (Å²) in [5, 5.41) is 0.304. The third-order valence-electron chi connectivity index (χ3n) is 6.09. The highest BCUT2D eigenvalue weighted by Crippen LogP contribution is 2.34. The van der Waals surface area contributed by atoms with Crippen LogP contribution in [-0.2, 0) is 6.42 Å². The van der Waals surface area contributed by atoms with Gasteiger partial charge in [0, 0.05) is 49.7 Å². The van der Waals surface area contributed by atoms with E-state index in [1.807, 2.05) is 4.90 Å². The van der Waals surface area contributed by atoms with Gasteiger partial charge in [0.1, 0.15) is 11.6 Å². The first-order valence-electron chi connectivity index (χ1n) is 11.7. The largest absolute Gasteiger partial charge is 0.493 e. The molecule has 0 spiro atoms. The number of ether oxygens (including phenoxy) is 2. The molecule has 1 amide bonds. The third kappa shape index (κ3) is 5.69. The van der Waals surface area contributed by atoms with Gasteiger partial charge in [0.15, 0.2) is 17.3 Å². The maximum Gasteiger partial charge on any atom is 0.298 e. The van der Waals surface area contributed by atoms with Crippen LogP contribution in [0.1, 0.15) is 21.7 Å². The van der Waals surface area contributed by atoms with Crippen molar-refractivity contribution in [3.05, 3.63) is 95.3 Å². The molecule has 0 N–H and O–H groups in total. The Morgan fingerprint density at radius 2 is 1.73 bits per heavy atom. The molecular formula is C27H24F2N4O3S. The Bertz CT molecular complexity index is 1390. The molecule has 1 fully saturated rings. The number of anilines is 1. The first kappa shape index (κ1) is 24.6. The Balaban J connectivity index is 1.26. The van der Waals surface area contributed by atoms with Crippen molar-refractivity contribution in [3.8, 4) is 16.7 Å². The lowest BCUT2D eigenvalue weighted by atomic mass is 10.1. The van der Waals surface area contributed by atoms with Gasteiger partial charge in [-0.3, -0.25) is 4.79 Å². The van der Waals surface area contributed by atoms with Crippen LogP contribution in [0, 0.1) is 11.6 Å². The second-order valence-corrected chi connectivity index (χ2v) is 9.19. The smallest absolute Gasteiger partial charge is 0.298 e. The Hall–Kier alpha value is -4.05. The lowest BCUT2D eigenvalue weighted by Crippen LogP contribution is -2.49. The fraction of sp³-hybridized carbons (Fsp3) is 0.222. The molecule has 1 aliphatic rings. The summed E-state index contributed by atoms with van der Waals surface area (Å²) in [6.07, 6.45) is 0.439. The number of benzene rings is 3. The van der Waals surface area contributed by atoms with E-state index in [-0.39, 0.29) is 17.5 Å². The van der Waals surface area contributed by atoms with Gasteiger partial charge in [0.05, 0.1) is 12.8 Å². The molecule has 1 saturated heterocycles. The normalized spacial score (nSPS) is 13.5. The molecule has 0 unspecified atom stereocenters. The Kier molecular flexibility index (Phi) is 7.27. The van der Waals surface area contributed by atoms with E-state index in [0.717, 1.165) is 17.1 Å². The third-order valence-corrected chi connectivity index (χ3v) is 6.73. The fourth-order valence-electron chi connectivity index (χ4n) is 4.16. The molecule has 0 radical (unpaired) electrons. The molecular weight excluding hydrogens is 498 g/mol. The Labute approximate surface area is 217 Å². The Morgan fingerprint density at radius 3 is 2.46 bits per heavy atom. The van der Waals surface area contributed by atoms with Crippen LogP contribution in [0.2, 0.25) is 0 Å². The van der Waals surface area contributed by atoms with Crippen LogP contribution in [0.4, 0.5) is 14.5 Å². The number of para-hydroxylation sites is 1. The summed E-state index contributed by atoms with van der Waals surface area (Å²) in [5.74, 6) is 0.642. The van der Waals surface area contributed by atoms with Crippen LogP contribution >= 0.6 is 11.5 Å². The molecule has 3 aromatic carbocycles. The first-order valence-corrected chi connectivity index (χ1v) is 12.5. The fourth-order valence-corrected chi connectivity index (χ4v) is 4.72. The number of amides is 1. The molecule has 5 rings (SSSR count). The molecule has 0 bridgehead atoms. The molecule has 190 valence electrons. The zero-order chi connectivity index (χ0) is 25.8. The summed E-state index contributed by atoms with van der Waals surface area (Å²) < 4.78 is 43.0. The molecule has 10 heteroatoms. The molecule has 37 heavy (non-hydrogen) atoms. The number of carbonyl (C=O) groups is 1. The monoisotopic (exact) mass is 522 g/mol. The first-order chi connectivity index (χ1) is 18.0. The van der Waals surface area contributed by atoms with E-state index in [2.05, 4.69) is 9.36 Å². The molecule has 0 saturated carbocycles. The van der Waals surface area contributed by atoms with Crippen molar-refractivity contribution in [1.29, 1.82) is 0 Å². The molecule has 1 aromatic heterocycles. The number of aromatic nitrogens is 2. The van der Waals surface area contributed by atoms with Gasteiger partial charge in [-0.2, -0.15) is 9.36 Å². The lowest BCUT2D eigenvalue weighted by molar-refractivity contribution is 0.0746. The van der Waals surface area contributed by atoms with E-state index in [0.29, 0.717) is 66.4 Å². The number of carbonyl (C=O) groups excluding carboxylic acids is 1. The van der Waals surface area contributed by atoms with E-state index in [1.54, 1.807) is 53.4 Å². The summed E-state index contributed by atoms with van der Waals surface area (Å²) in [6, 6.07) is 17.8. The lowest BCUT2D eigenvalue weighted by Gasteiger charge is -2.36. The van der Waals surface area contributed by atoms with Crippen LogP contribution in [0.3, 0.4) is 0 Å². The van der Waals surface area contributed by atoms with Crippen LogP contribution in [0.5, 0.6) is 16.7 Å². The highest BCUT2D eigenvalue weighted by atomic mass is 32.1. The maximum atomic E-state index is 14.1. The van der Waals surface area contributed by atoms with Crippen molar-refractivity contribution in [2.45, 2.75) is 6.42 Å². The van der Waals surface area contributed by atoms with Crippen LogP contribution in [0.25, 0.3) is 0 Å². The van der Waals surface area contributed by atoms with E-state index >= 15 is 0 Å². The predicted octanol–water partition coefficient (Wildman–Crippen LogP) is 5.17. The summed E-state index contributed by atoms with van der Waals surface area (Å²) in [6.45, 7) is 2.01. The zero-order valence-corrected chi connectivity index (χ0v) is 20.9. The van der Waals surface area contributed by atoms with E-state index in [9.17, 15) is 13.6 Å². The number of nitrogens with zero attached hydrogens (tertiary/aromatic N) is 4. The minimum atomic E-state index is -0.299. The summed E-state index contributed by atoms with van der Waals surface area (Å²) in [7, 11) is 1.52. The number of rotatable bonds is 7. The van der Waals surface area contributed by atoms with Crippen LogP contribution in [0.15, 0.2) is 66.7 Å². The van der Waals surface area contributed by atoms with Gasteiger partial charge >= 0.3 is 0 Å². The van der Waals surface area contributed by atoms with Crippen molar-refractivity contribution in [2.75, 3.05) is 38.2 Å². The van der Waals surface area contributed by atoms with Crippen molar-refractivity contribution >= 4 is 23.1 Å². The van der Waals surface area contributed by atoms with E-state index in [4.69, 9.17) is 9.47 Å². The quantitative estimate of drug-likeness (QED) is 0.334. The zero-order valence-electron chi connectivity index (χ0n) is 20.1. The van der Waals surface area contributed by atoms with E-state index < -0.39 is 0 Å². The van der Waals surface area contributed by atoms with Gasteiger partial charge in [-0.1, -0.05) is 24.3 Å². The number of hydrogen-bond acceptors (Lipinski definition) is 7. The summed E-state index contributed by atoms with van der Waals surface area (Å²) in [4.78, 5) is 21.3. The van der Waals surface area contributed by atoms with Crippen LogP contribution < -0.4 is 14.4 Å². The van der Waals surface area contributed by atoms with Gasteiger partial charge in [-0.15, -0.1) is 0 Å². The highest BCUT2D eigenvalue weighted by molar-refractivity contribution is 7.07. The predicted molar refractivity (Wildman–Crippen MR) is 137 cm³/mol. The van der Waals surface area contributed by atoms with Crippen molar-refractivity contribution < 1.29 is 23.0 Å². The van der Waals surface area contributed by atoms with Crippen LogP contribution in [-0.4, -0.2) is 53.5 Å². The summed E-state index contributed by atoms with van der Waals surface area (Å²) >= 11 is 1.08. The van der Waals surface area contributed by atoms with E-state index in [1.165, 1.54) is 25.3 Å². The number of piperazine rings is 1. The second-order valence-electron chi connectivity index (χ2n) is 8.48. The van der Waals surface area contributed by atoms with Gasteiger partial charge in [-0.25, -0.2) is 8.78 Å². The molecule has 2 heterocycles. The van der Waals surface area contributed by atoms with Gasteiger partial charge < -0.3 is 19.3 Å². The number of hydrogen-bond donors (Lipinski definition) is 0. The summed E-state index contributed by atoms with van der Waals surface area (Å²) in [5.41, 5.74) is 1.88. The molecule has 1 aliphatic heterocycles. The maximum absolute atomic E-state index is 14.1. The molecule has 7 nitrogen and oxygen atoms in total. The topological polar surface area (TPSA) is 67.8 Å².